The van der Waals surface area contributed by atoms with Crippen LogP contribution >= 0.6 is 0 Å². The van der Waals surface area contributed by atoms with Crippen LogP contribution in [0.4, 0.5) is 0 Å². The number of hydrogen-bond acceptors (Lipinski definition) is 5. The molecule has 0 saturated carbocycles. The summed E-state index contributed by atoms with van der Waals surface area (Å²) in [6, 6.07) is -0.305. The number of hydrogen-bond donors (Lipinski definition) is 1. The predicted molar refractivity (Wildman–Crippen MR) is 70.2 cm³/mol. The normalized spacial score (nSPS) is 13.2. The number of aromatic nitrogens is 2. The molecule has 5 nitrogen and oxygen atoms in total. The number of nitrogens with two attached hydrogens (primary N) is 1. The summed E-state index contributed by atoms with van der Waals surface area (Å²) in [7, 11) is 0. The minimum absolute atomic E-state index is 0.163. The zero-order valence-electron chi connectivity index (χ0n) is 11.7. The molecule has 0 aliphatic rings. The van der Waals surface area contributed by atoms with Crippen LogP contribution in [0.3, 0.4) is 0 Å². The SMILES string of the molecule is CCCCCCc1nc(C(N)COC(C)C)no1. The first-order valence-electron chi connectivity index (χ1n) is 6.83. The molecule has 0 radical (unpaired) electrons. The van der Waals surface area contributed by atoms with Gasteiger partial charge in [-0.25, -0.2) is 0 Å². The first-order chi connectivity index (χ1) is 8.63. The Bertz CT molecular complexity index is 326. The van der Waals surface area contributed by atoms with Crippen molar-refractivity contribution in [2.75, 3.05) is 6.61 Å². The lowest BCUT2D eigenvalue weighted by Crippen LogP contribution is -2.20. The topological polar surface area (TPSA) is 74.2 Å². The Balaban J connectivity index is 2.32. The van der Waals surface area contributed by atoms with Gasteiger partial charge in [-0.05, 0) is 20.3 Å². The van der Waals surface area contributed by atoms with Crippen LogP contribution in [0.15, 0.2) is 4.52 Å². The van der Waals surface area contributed by atoms with Gasteiger partial charge in [-0.3, -0.25) is 0 Å². The highest BCUT2D eigenvalue weighted by molar-refractivity contribution is 4.93. The number of nitrogens with zero attached hydrogens (tertiary/aromatic N) is 2. The lowest BCUT2D eigenvalue weighted by molar-refractivity contribution is 0.0665. The third-order valence-electron chi connectivity index (χ3n) is 2.67. The zero-order valence-corrected chi connectivity index (χ0v) is 11.7. The summed E-state index contributed by atoms with van der Waals surface area (Å²) in [5.41, 5.74) is 5.92. The average Bonchev–Trinajstić information content (AvgIpc) is 2.80. The van der Waals surface area contributed by atoms with Crippen molar-refractivity contribution in [3.63, 3.8) is 0 Å². The van der Waals surface area contributed by atoms with E-state index in [4.69, 9.17) is 15.0 Å². The monoisotopic (exact) mass is 255 g/mol. The standard InChI is InChI=1S/C13H25N3O2/c1-4-5-6-7-8-12-15-13(16-18-12)11(14)9-17-10(2)3/h10-11H,4-9,14H2,1-3H3. The van der Waals surface area contributed by atoms with Crippen molar-refractivity contribution in [3.8, 4) is 0 Å². The van der Waals surface area contributed by atoms with Crippen LogP contribution < -0.4 is 5.73 Å². The molecule has 1 heterocycles. The van der Waals surface area contributed by atoms with E-state index in [1.165, 1.54) is 19.3 Å². The Morgan fingerprint density at radius 1 is 1.28 bits per heavy atom. The number of aryl methyl sites for hydroxylation is 1. The van der Waals surface area contributed by atoms with Gasteiger partial charge in [0.15, 0.2) is 5.82 Å². The van der Waals surface area contributed by atoms with E-state index in [1.807, 2.05) is 13.8 Å². The summed E-state index contributed by atoms with van der Waals surface area (Å²) in [4.78, 5) is 4.30. The van der Waals surface area contributed by atoms with Crippen LogP contribution in [0.5, 0.6) is 0 Å². The fraction of sp³-hybridized carbons (Fsp3) is 0.846. The van der Waals surface area contributed by atoms with Gasteiger partial charge in [-0.2, -0.15) is 4.98 Å². The summed E-state index contributed by atoms with van der Waals surface area (Å²) in [6.45, 7) is 6.56. The maximum Gasteiger partial charge on any atom is 0.226 e. The lowest BCUT2D eigenvalue weighted by Gasteiger charge is -2.10. The molecule has 0 bridgehead atoms. The van der Waals surface area contributed by atoms with Gasteiger partial charge in [0.2, 0.25) is 5.89 Å². The minimum atomic E-state index is -0.305. The molecule has 0 fully saturated rings. The largest absolute Gasteiger partial charge is 0.377 e. The molecule has 1 unspecified atom stereocenters. The Kier molecular flexibility index (Phi) is 6.90. The van der Waals surface area contributed by atoms with E-state index in [0.29, 0.717) is 18.3 Å². The van der Waals surface area contributed by atoms with Gasteiger partial charge < -0.3 is 15.0 Å². The van der Waals surface area contributed by atoms with E-state index in [9.17, 15) is 0 Å². The van der Waals surface area contributed by atoms with Gasteiger partial charge in [0.1, 0.15) is 0 Å². The van der Waals surface area contributed by atoms with E-state index in [1.54, 1.807) is 0 Å². The minimum Gasteiger partial charge on any atom is -0.377 e. The quantitative estimate of drug-likeness (QED) is 0.686. The van der Waals surface area contributed by atoms with Gasteiger partial charge >= 0.3 is 0 Å². The van der Waals surface area contributed by atoms with Crippen molar-refractivity contribution in [2.45, 2.75) is 65.0 Å². The van der Waals surface area contributed by atoms with E-state index >= 15 is 0 Å². The number of rotatable bonds is 9. The molecule has 1 rings (SSSR count). The molecule has 0 saturated heterocycles. The molecule has 0 spiro atoms. The molecule has 1 aromatic heterocycles. The molecule has 1 aromatic rings. The molecular weight excluding hydrogens is 230 g/mol. The van der Waals surface area contributed by atoms with Crippen molar-refractivity contribution in [2.24, 2.45) is 5.73 Å². The number of ether oxygens (including phenoxy) is 1. The second-order valence-electron chi connectivity index (χ2n) is 4.85. The highest BCUT2D eigenvalue weighted by Gasteiger charge is 2.14. The molecule has 104 valence electrons. The maximum absolute atomic E-state index is 5.92. The van der Waals surface area contributed by atoms with Crippen LogP contribution in [0.25, 0.3) is 0 Å². The van der Waals surface area contributed by atoms with Crippen LogP contribution in [-0.2, 0) is 11.2 Å². The molecular formula is C13H25N3O2. The summed E-state index contributed by atoms with van der Waals surface area (Å²) in [5, 5.41) is 3.90. The summed E-state index contributed by atoms with van der Waals surface area (Å²) in [6.07, 6.45) is 5.78. The molecule has 0 amide bonds. The summed E-state index contributed by atoms with van der Waals surface area (Å²) in [5.74, 6) is 1.22. The van der Waals surface area contributed by atoms with Gasteiger partial charge in [0.25, 0.3) is 0 Å². The van der Waals surface area contributed by atoms with E-state index in [-0.39, 0.29) is 12.1 Å². The predicted octanol–water partition coefficient (Wildman–Crippen LogP) is 2.62. The zero-order chi connectivity index (χ0) is 13.4. The molecule has 0 aromatic carbocycles. The van der Waals surface area contributed by atoms with Gasteiger partial charge in [0, 0.05) is 6.42 Å². The van der Waals surface area contributed by atoms with E-state index in [2.05, 4.69) is 17.1 Å². The molecule has 5 heteroatoms. The maximum atomic E-state index is 5.92. The summed E-state index contributed by atoms with van der Waals surface area (Å²) >= 11 is 0. The van der Waals surface area contributed by atoms with E-state index in [0.717, 1.165) is 12.8 Å². The fourth-order valence-electron chi connectivity index (χ4n) is 1.59. The third-order valence-corrected chi connectivity index (χ3v) is 2.67. The highest BCUT2D eigenvalue weighted by Crippen LogP contribution is 2.10. The second-order valence-corrected chi connectivity index (χ2v) is 4.85. The lowest BCUT2D eigenvalue weighted by atomic mass is 10.1. The Labute approximate surface area is 109 Å². The van der Waals surface area contributed by atoms with Crippen molar-refractivity contribution >= 4 is 0 Å². The van der Waals surface area contributed by atoms with Crippen molar-refractivity contribution < 1.29 is 9.26 Å². The first-order valence-corrected chi connectivity index (χ1v) is 6.83. The fourth-order valence-corrected chi connectivity index (χ4v) is 1.59. The molecule has 2 N–H and O–H groups in total. The van der Waals surface area contributed by atoms with E-state index < -0.39 is 0 Å². The molecule has 1 atom stereocenters. The average molecular weight is 255 g/mol. The molecule has 0 aliphatic heterocycles. The van der Waals surface area contributed by atoms with Crippen molar-refractivity contribution in [1.82, 2.24) is 10.1 Å². The Morgan fingerprint density at radius 3 is 2.72 bits per heavy atom. The molecule has 0 aliphatic carbocycles. The van der Waals surface area contributed by atoms with Crippen molar-refractivity contribution in [3.05, 3.63) is 11.7 Å². The van der Waals surface area contributed by atoms with Crippen LogP contribution in [0.1, 0.15) is 64.2 Å². The van der Waals surface area contributed by atoms with Crippen LogP contribution in [0.2, 0.25) is 0 Å². The third kappa shape index (κ3) is 5.60. The Hall–Kier alpha value is -0.940. The first kappa shape index (κ1) is 15.1. The van der Waals surface area contributed by atoms with Gasteiger partial charge in [0.05, 0.1) is 18.8 Å². The summed E-state index contributed by atoms with van der Waals surface area (Å²) < 4.78 is 10.6. The Morgan fingerprint density at radius 2 is 2.06 bits per heavy atom. The molecule has 18 heavy (non-hydrogen) atoms. The number of unbranched alkanes of at least 4 members (excludes halogenated alkanes) is 3. The van der Waals surface area contributed by atoms with Crippen LogP contribution in [0, 0.1) is 0 Å². The highest BCUT2D eigenvalue weighted by atomic mass is 16.5. The van der Waals surface area contributed by atoms with Gasteiger partial charge in [-0.1, -0.05) is 31.3 Å². The second kappa shape index (κ2) is 8.21. The van der Waals surface area contributed by atoms with Crippen LogP contribution in [-0.4, -0.2) is 22.9 Å². The van der Waals surface area contributed by atoms with Crippen molar-refractivity contribution in [1.29, 1.82) is 0 Å². The smallest absolute Gasteiger partial charge is 0.226 e. The van der Waals surface area contributed by atoms with Gasteiger partial charge in [-0.15, -0.1) is 0 Å².